The molecule has 1 aromatic heterocycles. The van der Waals surface area contributed by atoms with Gasteiger partial charge in [0.05, 0.1) is 21.3 Å². The van der Waals surface area contributed by atoms with Crippen LogP contribution in [0.15, 0.2) is 47.0 Å². The predicted octanol–water partition coefficient (Wildman–Crippen LogP) is 3.76. The molecule has 3 rings (SSSR count). The van der Waals surface area contributed by atoms with Crippen molar-refractivity contribution in [1.82, 2.24) is 5.16 Å². The Morgan fingerprint density at radius 3 is 2.19 bits per heavy atom. The van der Waals surface area contributed by atoms with Crippen molar-refractivity contribution >= 4 is 11.6 Å². The minimum absolute atomic E-state index is 0.00285. The molecule has 0 aliphatic heterocycles. The van der Waals surface area contributed by atoms with Gasteiger partial charge in [0.25, 0.3) is 5.91 Å². The fraction of sp³-hybridized carbons (Fsp3) is 0.158. The summed E-state index contributed by atoms with van der Waals surface area (Å²) in [4.78, 5) is 12.4. The molecule has 0 saturated carbocycles. The Morgan fingerprint density at radius 1 is 1.00 bits per heavy atom. The second-order valence-corrected chi connectivity index (χ2v) is 5.45. The van der Waals surface area contributed by atoms with Crippen molar-refractivity contribution in [3.8, 4) is 28.5 Å². The number of carbonyl (C=O) groups excluding carboxylic acids is 1. The molecule has 0 radical (unpaired) electrons. The second kappa shape index (κ2) is 7.77. The number of rotatable bonds is 6. The summed E-state index contributed by atoms with van der Waals surface area (Å²) in [6.07, 6.45) is 0. The van der Waals surface area contributed by atoms with Gasteiger partial charge < -0.3 is 24.1 Å². The lowest BCUT2D eigenvalue weighted by atomic mass is 10.1. The molecule has 2 aromatic carbocycles. The molecule has 0 aliphatic carbocycles. The third-order valence-electron chi connectivity index (χ3n) is 3.80. The first kappa shape index (κ1) is 18.2. The molecular formula is C19H17FN2O5. The van der Waals surface area contributed by atoms with Crippen LogP contribution in [0, 0.1) is 5.82 Å². The molecule has 0 spiro atoms. The number of hydrogen-bond acceptors (Lipinski definition) is 6. The lowest BCUT2D eigenvalue weighted by molar-refractivity contribution is 0.0988. The number of anilines is 1. The molecule has 3 aromatic rings. The maximum absolute atomic E-state index is 13.0. The van der Waals surface area contributed by atoms with Gasteiger partial charge in [0.2, 0.25) is 11.5 Å². The van der Waals surface area contributed by atoms with Crippen LogP contribution in [0.5, 0.6) is 17.2 Å². The van der Waals surface area contributed by atoms with Gasteiger partial charge in [-0.3, -0.25) is 4.79 Å². The lowest BCUT2D eigenvalue weighted by Crippen LogP contribution is -2.11. The minimum atomic E-state index is -0.509. The number of carbonyl (C=O) groups is 1. The average molecular weight is 372 g/mol. The van der Waals surface area contributed by atoms with Gasteiger partial charge in [-0.2, -0.15) is 0 Å². The molecule has 0 aliphatic rings. The molecule has 0 unspecified atom stereocenters. The van der Waals surface area contributed by atoms with Crippen LogP contribution in [-0.4, -0.2) is 32.4 Å². The van der Waals surface area contributed by atoms with Crippen molar-refractivity contribution in [3.05, 3.63) is 54.0 Å². The summed E-state index contributed by atoms with van der Waals surface area (Å²) in [5.74, 6) is 0.348. The second-order valence-electron chi connectivity index (χ2n) is 5.45. The molecule has 8 heteroatoms. The Labute approximate surface area is 154 Å². The van der Waals surface area contributed by atoms with E-state index in [-0.39, 0.29) is 11.6 Å². The molecular weight excluding hydrogens is 355 g/mol. The number of amides is 1. The molecule has 0 bridgehead atoms. The smallest absolute Gasteiger partial charge is 0.294 e. The maximum Gasteiger partial charge on any atom is 0.294 e. The van der Waals surface area contributed by atoms with E-state index in [4.69, 9.17) is 18.7 Å². The van der Waals surface area contributed by atoms with Gasteiger partial charge in [-0.1, -0.05) is 5.16 Å². The normalized spacial score (nSPS) is 10.4. The van der Waals surface area contributed by atoms with E-state index in [2.05, 4.69) is 10.5 Å². The molecule has 0 atom stereocenters. The number of benzene rings is 2. The zero-order valence-corrected chi connectivity index (χ0v) is 14.9. The first-order chi connectivity index (χ1) is 13.0. The van der Waals surface area contributed by atoms with Crippen LogP contribution in [-0.2, 0) is 0 Å². The zero-order valence-electron chi connectivity index (χ0n) is 14.9. The average Bonchev–Trinajstić information content (AvgIpc) is 3.18. The van der Waals surface area contributed by atoms with E-state index >= 15 is 0 Å². The summed E-state index contributed by atoms with van der Waals surface area (Å²) < 4.78 is 33.9. The van der Waals surface area contributed by atoms with Crippen molar-refractivity contribution in [3.63, 3.8) is 0 Å². The molecule has 1 N–H and O–H groups in total. The van der Waals surface area contributed by atoms with E-state index < -0.39 is 5.91 Å². The Balaban J connectivity index is 1.82. The molecule has 0 saturated heterocycles. The lowest BCUT2D eigenvalue weighted by Gasteiger charge is -2.14. The van der Waals surface area contributed by atoms with Gasteiger partial charge in [-0.25, -0.2) is 4.39 Å². The van der Waals surface area contributed by atoms with Crippen LogP contribution in [0.1, 0.15) is 10.6 Å². The highest BCUT2D eigenvalue weighted by atomic mass is 19.1. The van der Waals surface area contributed by atoms with E-state index in [0.29, 0.717) is 34.2 Å². The number of nitrogens with one attached hydrogen (secondary N) is 1. The summed E-state index contributed by atoms with van der Waals surface area (Å²) in [5, 5.41) is 6.53. The quantitative estimate of drug-likeness (QED) is 0.709. The van der Waals surface area contributed by atoms with Gasteiger partial charge in [-0.15, -0.1) is 0 Å². The van der Waals surface area contributed by atoms with Crippen LogP contribution < -0.4 is 19.5 Å². The van der Waals surface area contributed by atoms with Gasteiger partial charge >= 0.3 is 0 Å². The molecule has 1 amide bonds. The molecule has 1 heterocycles. The first-order valence-corrected chi connectivity index (χ1v) is 7.89. The van der Waals surface area contributed by atoms with Crippen molar-refractivity contribution in [1.29, 1.82) is 0 Å². The first-order valence-electron chi connectivity index (χ1n) is 7.89. The van der Waals surface area contributed by atoms with Crippen LogP contribution in [0.2, 0.25) is 0 Å². The standard InChI is InChI=1S/C19H17FN2O5/c1-24-15-8-13(9-16(25-2)18(15)26-3)21-19(23)17-10-14(22-27-17)11-4-6-12(20)7-5-11/h4-10H,1-3H3,(H,21,23). The van der Waals surface area contributed by atoms with E-state index in [1.54, 1.807) is 24.3 Å². The highest BCUT2D eigenvalue weighted by Crippen LogP contribution is 2.40. The molecule has 0 fully saturated rings. The number of aromatic nitrogens is 1. The monoisotopic (exact) mass is 372 g/mol. The number of ether oxygens (including phenoxy) is 3. The molecule has 7 nitrogen and oxygen atoms in total. The van der Waals surface area contributed by atoms with E-state index in [1.807, 2.05) is 0 Å². The Kier molecular flexibility index (Phi) is 5.25. The van der Waals surface area contributed by atoms with Crippen molar-refractivity contribution < 1.29 is 27.9 Å². The predicted molar refractivity (Wildman–Crippen MR) is 95.9 cm³/mol. The SMILES string of the molecule is COc1cc(NC(=O)c2cc(-c3ccc(F)cc3)no2)cc(OC)c1OC. The number of methoxy groups -OCH3 is 3. The third kappa shape index (κ3) is 3.84. The van der Waals surface area contributed by atoms with E-state index in [1.165, 1.54) is 39.5 Å². The van der Waals surface area contributed by atoms with Gasteiger partial charge in [0, 0.05) is 29.4 Å². The Bertz CT molecular complexity index is 928. The fourth-order valence-electron chi connectivity index (χ4n) is 2.48. The fourth-order valence-corrected chi connectivity index (χ4v) is 2.48. The van der Waals surface area contributed by atoms with Crippen molar-refractivity contribution in [2.24, 2.45) is 0 Å². The van der Waals surface area contributed by atoms with Crippen LogP contribution in [0.25, 0.3) is 11.3 Å². The molecule has 140 valence electrons. The maximum atomic E-state index is 13.0. The van der Waals surface area contributed by atoms with Gasteiger partial charge in [0.1, 0.15) is 11.5 Å². The van der Waals surface area contributed by atoms with Gasteiger partial charge in [0.15, 0.2) is 11.5 Å². The minimum Gasteiger partial charge on any atom is -0.493 e. The third-order valence-corrected chi connectivity index (χ3v) is 3.80. The Hall–Kier alpha value is -3.55. The summed E-state index contributed by atoms with van der Waals surface area (Å²) in [6, 6.07) is 10.4. The highest BCUT2D eigenvalue weighted by molar-refractivity contribution is 6.03. The summed E-state index contributed by atoms with van der Waals surface area (Å²) in [7, 11) is 4.45. The number of hydrogen-bond donors (Lipinski definition) is 1. The summed E-state index contributed by atoms with van der Waals surface area (Å²) in [6.45, 7) is 0. The topological polar surface area (TPSA) is 82.8 Å². The number of nitrogens with zero attached hydrogens (tertiary/aromatic N) is 1. The van der Waals surface area contributed by atoms with Crippen molar-refractivity contribution in [2.75, 3.05) is 26.6 Å². The highest BCUT2D eigenvalue weighted by Gasteiger charge is 2.18. The van der Waals surface area contributed by atoms with E-state index in [9.17, 15) is 9.18 Å². The zero-order chi connectivity index (χ0) is 19.4. The van der Waals surface area contributed by atoms with Crippen LogP contribution in [0.3, 0.4) is 0 Å². The van der Waals surface area contributed by atoms with Crippen molar-refractivity contribution in [2.45, 2.75) is 0 Å². The number of halogens is 1. The van der Waals surface area contributed by atoms with E-state index in [0.717, 1.165) is 0 Å². The van der Waals surface area contributed by atoms with Gasteiger partial charge in [-0.05, 0) is 24.3 Å². The van der Waals surface area contributed by atoms with Crippen LogP contribution in [0.4, 0.5) is 10.1 Å². The summed E-state index contributed by atoms with van der Waals surface area (Å²) in [5.41, 5.74) is 1.48. The Morgan fingerprint density at radius 2 is 1.63 bits per heavy atom. The van der Waals surface area contributed by atoms with Crippen LogP contribution >= 0.6 is 0 Å². The molecule has 27 heavy (non-hydrogen) atoms. The summed E-state index contributed by atoms with van der Waals surface area (Å²) >= 11 is 0. The largest absolute Gasteiger partial charge is 0.493 e.